The van der Waals surface area contributed by atoms with Crippen LogP contribution in [0.2, 0.25) is 0 Å². The first kappa shape index (κ1) is 27.4. The van der Waals surface area contributed by atoms with Gasteiger partial charge in [0, 0.05) is 17.2 Å². The summed E-state index contributed by atoms with van der Waals surface area (Å²) < 4.78 is 12.7. The van der Waals surface area contributed by atoms with Crippen molar-refractivity contribution in [3.05, 3.63) is 121 Å². The zero-order valence-corrected chi connectivity index (χ0v) is 24.5. The van der Waals surface area contributed by atoms with Gasteiger partial charge < -0.3 is 14.4 Å². The Hall–Kier alpha value is -4.76. The monoisotopic (exact) mass is 579 g/mol. The van der Waals surface area contributed by atoms with Crippen LogP contribution in [0.1, 0.15) is 43.5 Å². The largest absolute Gasteiger partial charge is 0.497 e. The number of aromatic nitrogens is 1. The lowest BCUT2D eigenvalue weighted by molar-refractivity contribution is -0.138. The summed E-state index contributed by atoms with van der Waals surface area (Å²) in [5.41, 5.74) is 3.50. The van der Waals surface area contributed by atoms with E-state index in [1.165, 1.54) is 4.57 Å². The van der Waals surface area contributed by atoms with E-state index in [9.17, 15) is 14.4 Å². The van der Waals surface area contributed by atoms with Gasteiger partial charge in [-0.2, -0.15) is 0 Å². The first-order chi connectivity index (χ1) is 20.3. The van der Waals surface area contributed by atoms with Crippen LogP contribution >= 0.6 is 11.3 Å². The summed E-state index contributed by atoms with van der Waals surface area (Å²) >= 11 is 1.16. The molecule has 0 spiro atoms. The fourth-order valence-electron chi connectivity index (χ4n) is 5.56. The molecule has 1 amide bonds. The molecule has 2 aliphatic heterocycles. The molecular weight excluding hydrogens is 550 g/mol. The number of hydrogen-bond donors (Lipinski definition) is 0. The summed E-state index contributed by atoms with van der Waals surface area (Å²) in [5.74, 6) is -0.155. The normalized spacial score (nSPS) is 17.2. The maximum atomic E-state index is 14.4. The minimum atomic E-state index is -0.844. The van der Waals surface area contributed by atoms with Crippen LogP contribution < -0.4 is 24.5 Å². The highest BCUT2D eigenvalue weighted by molar-refractivity contribution is 7.07. The highest BCUT2D eigenvalue weighted by Gasteiger charge is 2.38. The second-order valence-corrected chi connectivity index (χ2v) is 11.2. The average Bonchev–Trinajstić information content (AvgIpc) is 3.49. The first-order valence-corrected chi connectivity index (χ1v) is 14.5. The number of anilines is 1. The van der Waals surface area contributed by atoms with Gasteiger partial charge in [0.2, 0.25) is 0 Å². The minimum Gasteiger partial charge on any atom is -0.497 e. The van der Waals surface area contributed by atoms with Crippen LogP contribution in [0.25, 0.3) is 11.3 Å². The molecule has 9 heteroatoms. The molecule has 1 atom stereocenters. The van der Waals surface area contributed by atoms with E-state index in [0.29, 0.717) is 38.5 Å². The summed E-state index contributed by atoms with van der Waals surface area (Å²) in [6.45, 7) is 5.79. The molecule has 0 N–H and O–H groups in total. The highest BCUT2D eigenvalue weighted by Crippen LogP contribution is 2.38. The SMILES string of the molecule is CCOC(=O)C1=C(c2ccccc2)N=c2s/c(=C3/C(=O)N(C(C)C)c4ccccc43)c(=O)n2[C@H]1c1ccc(OC)cc1. The summed E-state index contributed by atoms with van der Waals surface area (Å²) in [6.07, 6.45) is 0. The zero-order valence-electron chi connectivity index (χ0n) is 23.7. The lowest BCUT2D eigenvalue weighted by Crippen LogP contribution is -2.41. The number of fused-ring (bicyclic) bond motifs is 2. The third-order valence-electron chi connectivity index (χ3n) is 7.39. The van der Waals surface area contributed by atoms with E-state index in [4.69, 9.17) is 14.5 Å². The van der Waals surface area contributed by atoms with Crippen molar-refractivity contribution in [2.24, 2.45) is 4.99 Å². The Kier molecular flexibility index (Phi) is 7.12. The molecule has 1 aromatic heterocycles. The third kappa shape index (κ3) is 4.37. The Labute approximate surface area is 246 Å². The van der Waals surface area contributed by atoms with Gasteiger partial charge in [0.15, 0.2) is 4.80 Å². The van der Waals surface area contributed by atoms with Crippen LogP contribution in [0.15, 0.2) is 94.2 Å². The van der Waals surface area contributed by atoms with Gasteiger partial charge in [0.1, 0.15) is 10.3 Å². The predicted octanol–water partition coefficient (Wildman–Crippen LogP) is 4.07. The van der Waals surface area contributed by atoms with Crippen molar-refractivity contribution in [1.29, 1.82) is 0 Å². The van der Waals surface area contributed by atoms with Gasteiger partial charge in [-0.1, -0.05) is 72.0 Å². The van der Waals surface area contributed by atoms with Gasteiger partial charge in [0.05, 0.1) is 42.3 Å². The Bertz CT molecular complexity index is 1920. The van der Waals surface area contributed by atoms with E-state index in [1.54, 1.807) is 31.1 Å². The van der Waals surface area contributed by atoms with Crippen molar-refractivity contribution in [2.75, 3.05) is 18.6 Å². The van der Waals surface area contributed by atoms with Crippen molar-refractivity contribution >= 4 is 40.2 Å². The number of methoxy groups -OCH3 is 1. The number of nitrogens with zero attached hydrogens (tertiary/aromatic N) is 3. The number of carbonyl (C=O) groups is 2. The lowest BCUT2D eigenvalue weighted by atomic mass is 9.93. The highest BCUT2D eigenvalue weighted by atomic mass is 32.1. The van der Waals surface area contributed by atoms with Crippen LogP contribution in [-0.2, 0) is 14.3 Å². The van der Waals surface area contributed by atoms with Gasteiger partial charge in [0.25, 0.3) is 11.5 Å². The third-order valence-corrected chi connectivity index (χ3v) is 8.44. The Morgan fingerprint density at radius 3 is 2.33 bits per heavy atom. The van der Waals surface area contributed by atoms with E-state index in [-0.39, 0.29) is 28.7 Å². The zero-order chi connectivity index (χ0) is 29.5. The molecule has 2 aliphatic rings. The molecule has 8 nitrogen and oxygen atoms in total. The molecule has 0 radical (unpaired) electrons. The quantitative estimate of drug-likeness (QED) is 0.322. The average molecular weight is 580 g/mol. The van der Waals surface area contributed by atoms with Crippen LogP contribution in [0.5, 0.6) is 5.75 Å². The fraction of sp³-hybridized carbons (Fsp3) is 0.212. The second-order valence-electron chi connectivity index (χ2n) is 10.2. The van der Waals surface area contributed by atoms with Crippen LogP contribution in [0.4, 0.5) is 5.69 Å². The molecule has 3 aromatic carbocycles. The van der Waals surface area contributed by atoms with Crippen molar-refractivity contribution < 1.29 is 19.1 Å². The lowest BCUT2D eigenvalue weighted by Gasteiger charge is -2.26. The Morgan fingerprint density at radius 2 is 1.67 bits per heavy atom. The molecule has 0 bridgehead atoms. The molecule has 3 heterocycles. The van der Waals surface area contributed by atoms with Gasteiger partial charge >= 0.3 is 5.97 Å². The number of para-hydroxylation sites is 1. The van der Waals surface area contributed by atoms with E-state index < -0.39 is 17.6 Å². The first-order valence-electron chi connectivity index (χ1n) is 13.7. The number of thiazole rings is 1. The van der Waals surface area contributed by atoms with Gasteiger partial charge in [-0.15, -0.1) is 0 Å². The number of ether oxygens (including phenoxy) is 2. The molecule has 4 aromatic rings. The van der Waals surface area contributed by atoms with Crippen LogP contribution in [0.3, 0.4) is 0 Å². The molecule has 42 heavy (non-hydrogen) atoms. The smallest absolute Gasteiger partial charge is 0.338 e. The predicted molar refractivity (Wildman–Crippen MR) is 162 cm³/mol. The van der Waals surface area contributed by atoms with E-state index in [1.807, 2.05) is 80.6 Å². The van der Waals surface area contributed by atoms with Crippen molar-refractivity contribution in [1.82, 2.24) is 4.57 Å². The number of carbonyl (C=O) groups excluding carboxylic acids is 2. The van der Waals surface area contributed by atoms with Crippen LogP contribution in [0, 0.1) is 0 Å². The maximum Gasteiger partial charge on any atom is 0.338 e. The summed E-state index contributed by atoms with van der Waals surface area (Å²) in [5, 5.41) is 0. The second kappa shape index (κ2) is 10.9. The summed E-state index contributed by atoms with van der Waals surface area (Å²) in [7, 11) is 1.58. The molecule has 6 rings (SSSR count). The molecule has 0 unspecified atom stereocenters. The van der Waals surface area contributed by atoms with Crippen molar-refractivity contribution in [3.8, 4) is 5.75 Å². The fourth-order valence-corrected chi connectivity index (χ4v) is 6.66. The number of rotatable bonds is 6. The number of benzene rings is 3. The van der Waals surface area contributed by atoms with Crippen molar-refractivity contribution in [3.63, 3.8) is 0 Å². The van der Waals surface area contributed by atoms with Gasteiger partial charge in [-0.25, -0.2) is 9.79 Å². The topological polar surface area (TPSA) is 90.2 Å². The Morgan fingerprint density at radius 1 is 0.976 bits per heavy atom. The van der Waals surface area contributed by atoms with Crippen LogP contribution in [-0.4, -0.2) is 36.2 Å². The number of esters is 1. The molecular formula is C33H29N3O5S. The molecule has 0 fully saturated rings. The summed E-state index contributed by atoms with van der Waals surface area (Å²) in [4.78, 5) is 48.9. The standard InChI is InChI=1S/C33H29N3O5S/c1-5-41-32(39)26-27(20-11-7-6-8-12-20)34-33-36(28(26)21-15-17-22(40-4)18-16-21)31(38)29(42-33)25-23-13-9-10-14-24(23)35(19(2)3)30(25)37/h6-19,28H,5H2,1-4H3/b29-25+/t28-/m0/s1. The minimum absolute atomic E-state index is 0.105. The molecule has 0 saturated heterocycles. The van der Waals surface area contributed by atoms with E-state index in [0.717, 1.165) is 17.0 Å². The molecule has 0 saturated carbocycles. The maximum absolute atomic E-state index is 14.4. The van der Waals surface area contributed by atoms with Gasteiger partial charge in [-0.05, 0) is 44.5 Å². The summed E-state index contributed by atoms with van der Waals surface area (Å²) in [6, 6.07) is 23.2. The Balaban J connectivity index is 1.71. The molecule has 212 valence electrons. The van der Waals surface area contributed by atoms with E-state index >= 15 is 0 Å². The number of amides is 1. The van der Waals surface area contributed by atoms with Crippen molar-refractivity contribution in [2.45, 2.75) is 32.9 Å². The molecule has 0 aliphatic carbocycles. The van der Waals surface area contributed by atoms with E-state index in [2.05, 4.69) is 0 Å². The number of hydrogen-bond acceptors (Lipinski definition) is 7. The van der Waals surface area contributed by atoms with Gasteiger partial charge in [-0.3, -0.25) is 14.2 Å².